The molecule has 2 fully saturated rings. The molecule has 1 aromatic carbocycles. The van der Waals surface area contributed by atoms with Gasteiger partial charge in [-0.05, 0) is 36.6 Å². The summed E-state index contributed by atoms with van der Waals surface area (Å²) in [4.78, 5) is 17.7. The van der Waals surface area contributed by atoms with Crippen LogP contribution in [0.25, 0.3) is 5.65 Å². The Hall–Kier alpha value is -2.65. The fourth-order valence-corrected chi connectivity index (χ4v) is 5.25. The van der Waals surface area contributed by atoms with Crippen molar-refractivity contribution in [2.24, 2.45) is 5.92 Å². The molecule has 1 amide bonds. The Balaban J connectivity index is 1.19. The first-order valence-corrected chi connectivity index (χ1v) is 12.0. The van der Waals surface area contributed by atoms with Crippen LogP contribution in [-0.2, 0) is 11.3 Å². The topological polar surface area (TPSA) is 78.7 Å². The van der Waals surface area contributed by atoms with E-state index in [9.17, 15) is 4.79 Å². The molecule has 31 heavy (non-hydrogen) atoms. The molecule has 0 atom stereocenters. The number of carbonyl (C=O) groups is 1. The number of hydrogen-bond acceptors (Lipinski definition) is 7. The van der Waals surface area contributed by atoms with E-state index in [0.717, 1.165) is 62.7 Å². The summed E-state index contributed by atoms with van der Waals surface area (Å²) in [5.74, 6) is 3.42. The van der Waals surface area contributed by atoms with E-state index in [-0.39, 0.29) is 11.8 Å². The number of rotatable bonds is 5. The van der Waals surface area contributed by atoms with Gasteiger partial charge in [-0.1, -0.05) is 18.2 Å². The summed E-state index contributed by atoms with van der Waals surface area (Å²) in [6, 6.07) is 12.1. The first-order chi connectivity index (χ1) is 15.3. The molecule has 8 nitrogen and oxygen atoms in total. The predicted molar refractivity (Wildman–Crippen MR) is 123 cm³/mol. The predicted octanol–water partition coefficient (Wildman–Crippen LogP) is 2.53. The zero-order chi connectivity index (χ0) is 21.0. The summed E-state index contributed by atoms with van der Waals surface area (Å²) in [6.45, 7) is 4.74. The van der Waals surface area contributed by atoms with Gasteiger partial charge in [0.1, 0.15) is 12.1 Å². The molecule has 0 radical (unpaired) electrons. The standard InChI is InChI=1S/C22H27N7OS/c30-22(24-19-4-2-1-3-18(19)15-27-11-13-31-14-12-27)17-7-9-28(10-8-17)21-6-5-20-25-23-16-29(20)26-21/h1-6,16-17H,7-15H2,(H,24,30). The number of hydrogen-bond donors (Lipinski definition) is 1. The molecule has 9 heteroatoms. The molecule has 2 aliphatic rings. The van der Waals surface area contributed by atoms with Crippen LogP contribution in [0.3, 0.4) is 0 Å². The zero-order valence-corrected chi connectivity index (χ0v) is 18.3. The lowest BCUT2D eigenvalue weighted by Gasteiger charge is -2.32. The largest absolute Gasteiger partial charge is 0.355 e. The van der Waals surface area contributed by atoms with Crippen LogP contribution in [0.4, 0.5) is 11.5 Å². The molecule has 4 heterocycles. The normalized spacial score (nSPS) is 18.4. The SMILES string of the molecule is O=C(Nc1ccccc1CN1CCSCC1)C1CCN(c2ccc3nncn3n2)CC1. The van der Waals surface area contributed by atoms with Crippen LogP contribution in [0.1, 0.15) is 18.4 Å². The molecule has 2 aromatic heterocycles. The summed E-state index contributed by atoms with van der Waals surface area (Å²) < 4.78 is 1.69. The van der Waals surface area contributed by atoms with Crippen molar-refractivity contribution in [1.29, 1.82) is 0 Å². The quantitative estimate of drug-likeness (QED) is 0.657. The number of benzene rings is 1. The number of fused-ring (bicyclic) bond motifs is 1. The Morgan fingerprint density at radius 1 is 1.06 bits per heavy atom. The Kier molecular flexibility index (Phi) is 6.04. The summed E-state index contributed by atoms with van der Waals surface area (Å²) in [5.41, 5.74) is 2.89. The van der Waals surface area contributed by atoms with Crippen LogP contribution in [0.15, 0.2) is 42.7 Å². The highest BCUT2D eigenvalue weighted by Crippen LogP contribution is 2.25. The summed E-state index contributed by atoms with van der Waals surface area (Å²) in [5, 5.41) is 15.7. The lowest BCUT2D eigenvalue weighted by Crippen LogP contribution is -2.39. The number of amides is 1. The molecule has 5 rings (SSSR count). The molecule has 3 aromatic rings. The van der Waals surface area contributed by atoms with Crippen molar-refractivity contribution in [3.8, 4) is 0 Å². The summed E-state index contributed by atoms with van der Waals surface area (Å²) >= 11 is 2.01. The number of nitrogens with zero attached hydrogens (tertiary/aromatic N) is 6. The molecule has 0 aliphatic carbocycles. The van der Waals surface area contributed by atoms with Crippen molar-refractivity contribution in [3.63, 3.8) is 0 Å². The first kappa shape index (κ1) is 20.3. The van der Waals surface area contributed by atoms with Gasteiger partial charge in [-0.2, -0.15) is 16.3 Å². The van der Waals surface area contributed by atoms with Crippen molar-refractivity contribution >= 4 is 34.8 Å². The minimum absolute atomic E-state index is 0.0225. The fraction of sp³-hybridized carbons (Fsp3) is 0.455. The zero-order valence-electron chi connectivity index (χ0n) is 17.5. The molecular weight excluding hydrogens is 410 g/mol. The Morgan fingerprint density at radius 3 is 2.71 bits per heavy atom. The van der Waals surface area contributed by atoms with Gasteiger partial charge in [0.25, 0.3) is 0 Å². The third-order valence-electron chi connectivity index (χ3n) is 6.11. The maximum Gasteiger partial charge on any atom is 0.227 e. The number of aromatic nitrogens is 4. The fourth-order valence-electron chi connectivity index (χ4n) is 4.27. The van der Waals surface area contributed by atoms with E-state index in [0.29, 0.717) is 0 Å². The molecule has 2 aliphatic heterocycles. The maximum atomic E-state index is 13.0. The number of thioether (sulfide) groups is 1. The van der Waals surface area contributed by atoms with Gasteiger partial charge >= 0.3 is 0 Å². The van der Waals surface area contributed by atoms with Gasteiger partial charge in [-0.15, -0.1) is 15.3 Å². The molecule has 0 spiro atoms. The van der Waals surface area contributed by atoms with E-state index in [2.05, 4.69) is 42.5 Å². The molecule has 2 saturated heterocycles. The lowest BCUT2D eigenvalue weighted by molar-refractivity contribution is -0.120. The Morgan fingerprint density at radius 2 is 1.87 bits per heavy atom. The number of nitrogens with one attached hydrogen (secondary N) is 1. The van der Waals surface area contributed by atoms with Crippen LogP contribution < -0.4 is 10.2 Å². The molecule has 162 valence electrons. The highest BCUT2D eigenvalue weighted by Gasteiger charge is 2.26. The van der Waals surface area contributed by atoms with Crippen molar-refractivity contribution in [2.75, 3.05) is 47.9 Å². The molecule has 0 saturated carbocycles. The minimum atomic E-state index is 0.0225. The molecular formula is C22H27N7OS. The monoisotopic (exact) mass is 437 g/mol. The second-order valence-corrected chi connectivity index (χ2v) is 9.35. The summed E-state index contributed by atoms with van der Waals surface area (Å²) in [6.07, 6.45) is 3.25. The van der Waals surface area contributed by atoms with Crippen LogP contribution in [0.2, 0.25) is 0 Å². The highest BCUT2D eigenvalue weighted by molar-refractivity contribution is 7.99. The van der Waals surface area contributed by atoms with E-state index in [1.807, 2.05) is 36.0 Å². The van der Waals surface area contributed by atoms with E-state index in [1.165, 1.54) is 17.1 Å². The van der Waals surface area contributed by atoms with Crippen LogP contribution >= 0.6 is 11.8 Å². The molecule has 1 N–H and O–H groups in total. The van der Waals surface area contributed by atoms with Gasteiger partial charge in [0.05, 0.1) is 0 Å². The number of piperidine rings is 1. The van der Waals surface area contributed by atoms with Crippen molar-refractivity contribution in [2.45, 2.75) is 19.4 Å². The Bertz CT molecular complexity index is 1040. The van der Waals surface area contributed by atoms with E-state index >= 15 is 0 Å². The van der Waals surface area contributed by atoms with Crippen LogP contribution in [-0.4, -0.2) is 68.3 Å². The third kappa shape index (κ3) is 4.67. The number of anilines is 2. The van der Waals surface area contributed by atoms with Crippen LogP contribution in [0, 0.1) is 5.92 Å². The third-order valence-corrected chi connectivity index (χ3v) is 7.05. The number of para-hydroxylation sites is 1. The average Bonchev–Trinajstić information content (AvgIpc) is 3.29. The second-order valence-electron chi connectivity index (χ2n) is 8.12. The minimum Gasteiger partial charge on any atom is -0.355 e. The van der Waals surface area contributed by atoms with Crippen molar-refractivity contribution in [3.05, 3.63) is 48.3 Å². The van der Waals surface area contributed by atoms with Gasteiger partial charge in [-0.3, -0.25) is 9.69 Å². The van der Waals surface area contributed by atoms with Crippen molar-refractivity contribution < 1.29 is 4.79 Å². The van der Waals surface area contributed by atoms with E-state index in [1.54, 1.807) is 10.8 Å². The highest BCUT2D eigenvalue weighted by atomic mass is 32.2. The lowest BCUT2D eigenvalue weighted by atomic mass is 9.95. The number of carbonyl (C=O) groups excluding carboxylic acids is 1. The second kappa shape index (κ2) is 9.23. The summed E-state index contributed by atoms with van der Waals surface area (Å²) in [7, 11) is 0. The maximum absolute atomic E-state index is 13.0. The van der Waals surface area contributed by atoms with Gasteiger partial charge < -0.3 is 10.2 Å². The smallest absolute Gasteiger partial charge is 0.227 e. The van der Waals surface area contributed by atoms with E-state index < -0.39 is 0 Å². The van der Waals surface area contributed by atoms with Crippen molar-refractivity contribution in [1.82, 2.24) is 24.7 Å². The average molecular weight is 438 g/mol. The molecule has 0 bridgehead atoms. The first-order valence-electron chi connectivity index (χ1n) is 10.9. The van der Waals surface area contributed by atoms with Gasteiger partial charge in [0.15, 0.2) is 5.65 Å². The Labute approximate surface area is 186 Å². The van der Waals surface area contributed by atoms with Gasteiger partial charge in [0, 0.05) is 55.8 Å². The molecule has 0 unspecified atom stereocenters. The van der Waals surface area contributed by atoms with E-state index in [4.69, 9.17) is 0 Å². The van der Waals surface area contributed by atoms with Crippen LogP contribution in [0.5, 0.6) is 0 Å². The van der Waals surface area contributed by atoms with Gasteiger partial charge in [-0.25, -0.2) is 0 Å². The van der Waals surface area contributed by atoms with Gasteiger partial charge in [0.2, 0.25) is 5.91 Å².